The van der Waals surface area contributed by atoms with E-state index in [9.17, 15) is 0 Å². The summed E-state index contributed by atoms with van der Waals surface area (Å²) in [7, 11) is 0. The minimum Gasteiger partial charge on any atom is -0.338 e. The van der Waals surface area contributed by atoms with E-state index < -0.39 is 0 Å². The van der Waals surface area contributed by atoms with Gasteiger partial charge in [-0.3, -0.25) is 4.90 Å². The van der Waals surface area contributed by atoms with Gasteiger partial charge in [0.1, 0.15) is 11.3 Å². The lowest BCUT2D eigenvalue weighted by Crippen LogP contribution is -2.36. The van der Waals surface area contributed by atoms with Crippen molar-refractivity contribution < 1.29 is 0 Å². The molecule has 0 atom stereocenters. The van der Waals surface area contributed by atoms with E-state index in [0.717, 1.165) is 39.7 Å². The van der Waals surface area contributed by atoms with E-state index in [2.05, 4.69) is 75.9 Å². The number of nitrogens with zero attached hydrogens (tertiary/aromatic N) is 3. The Labute approximate surface area is 183 Å². The Kier molecular flexibility index (Phi) is 5.00. The third-order valence-corrected chi connectivity index (χ3v) is 6.49. The number of pyridine rings is 2. The normalized spacial score (nSPS) is 16.4. The third-order valence-electron chi connectivity index (χ3n) is 6.49. The summed E-state index contributed by atoms with van der Waals surface area (Å²) < 4.78 is 0. The molecule has 5 rings (SSSR count). The summed E-state index contributed by atoms with van der Waals surface area (Å²) in [4.78, 5) is 15.0. The highest BCUT2D eigenvalue weighted by Gasteiger charge is 2.25. The molecule has 1 saturated heterocycles. The van der Waals surface area contributed by atoms with Crippen LogP contribution in [0.4, 0.5) is 0 Å². The highest BCUT2D eigenvalue weighted by atomic mass is 15.1. The maximum atomic E-state index is 4.67. The van der Waals surface area contributed by atoms with E-state index in [4.69, 9.17) is 0 Å². The first-order chi connectivity index (χ1) is 15.0. The zero-order chi connectivity index (χ0) is 21.4. The van der Waals surface area contributed by atoms with E-state index in [1.54, 1.807) is 0 Å². The summed E-state index contributed by atoms with van der Waals surface area (Å²) in [6.45, 7) is 10.0. The Morgan fingerprint density at radius 1 is 0.968 bits per heavy atom. The number of rotatable bonds is 3. The zero-order valence-electron chi connectivity index (χ0n) is 18.5. The van der Waals surface area contributed by atoms with E-state index in [-0.39, 0.29) is 0 Å². The van der Waals surface area contributed by atoms with Crippen LogP contribution in [-0.4, -0.2) is 32.9 Å². The lowest BCUT2D eigenvalue weighted by molar-refractivity contribution is 0.127. The van der Waals surface area contributed by atoms with Crippen molar-refractivity contribution in [1.82, 2.24) is 19.9 Å². The van der Waals surface area contributed by atoms with Gasteiger partial charge in [-0.05, 0) is 67.4 Å². The molecule has 0 saturated carbocycles. The van der Waals surface area contributed by atoms with Crippen molar-refractivity contribution in [3.8, 4) is 23.0 Å². The van der Waals surface area contributed by atoms with Gasteiger partial charge in [0.25, 0.3) is 0 Å². The molecule has 4 aromatic rings. The fraction of sp³-hybridized carbons (Fsp3) is 0.333. The lowest BCUT2D eigenvalue weighted by Gasteiger charge is -2.36. The number of hydrogen-bond donors (Lipinski definition) is 1. The van der Waals surface area contributed by atoms with Crippen LogP contribution in [0.15, 0.2) is 48.8 Å². The molecule has 3 aromatic heterocycles. The van der Waals surface area contributed by atoms with Crippen molar-refractivity contribution in [3.05, 3.63) is 60.0 Å². The number of nitrogens with one attached hydrogen (secondary N) is 1. The van der Waals surface area contributed by atoms with Gasteiger partial charge in [0, 0.05) is 29.1 Å². The molecule has 4 nitrogen and oxygen atoms in total. The molecular formula is C27H28N4. The second-order valence-electron chi connectivity index (χ2n) is 9.37. The predicted molar refractivity (Wildman–Crippen MR) is 128 cm³/mol. The highest BCUT2D eigenvalue weighted by molar-refractivity contribution is 6.07. The molecule has 0 aliphatic carbocycles. The number of aromatic nitrogens is 3. The first-order valence-electron chi connectivity index (χ1n) is 11.0. The van der Waals surface area contributed by atoms with Gasteiger partial charge in [-0.15, -0.1) is 0 Å². The molecular weight excluding hydrogens is 380 g/mol. The number of likely N-dealkylation sites (tertiary alicyclic amines) is 1. The summed E-state index contributed by atoms with van der Waals surface area (Å²) in [5.74, 6) is 5.97. The molecule has 1 aliphatic heterocycles. The standard InChI is InChI=1S/C27H28N4/c1-4-5-22-15-23-24-14-21(16-29-26(24)30-25(23)17-28-22)20-8-6-19(7-9-20)18-31-12-10-27(2,3)11-13-31/h6-9,14-17H,10-13,18H2,1-3H3,(H,29,30). The molecule has 0 spiro atoms. The van der Waals surface area contributed by atoms with Crippen molar-refractivity contribution >= 4 is 21.9 Å². The average molecular weight is 409 g/mol. The Hall–Kier alpha value is -3.16. The van der Waals surface area contributed by atoms with Gasteiger partial charge < -0.3 is 4.98 Å². The summed E-state index contributed by atoms with van der Waals surface area (Å²) >= 11 is 0. The van der Waals surface area contributed by atoms with Crippen LogP contribution < -0.4 is 0 Å². The minimum atomic E-state index is 0.494. The van der Waals surface area contributed by atoms with Crippen LogP contribution in [0.5, 0.6) is 0 Å². The Morgan fingerprint density at radius 3 is 2.48 bits per heavy atom. The second kappa shape index (κ2) is 7.83. The minimum absolute atomic E-state index is 0.494. The molecule has 0 unspecified atom stereocenters. The number of H-pyrrole nitrogens is 1. The highest BCUT2D eigenvalue weighted by Crippen LogP contribution is 2.31. The van der Waals surface area contributed by atoms with E-state index in [1.165, 1.54) is 37.1 Å². The van der Waals surface area contributed by atoms with Gasteiger partial charge >= 0.3 is 0 Å². The molecule has 0 amide bonds. The van der Waals surface area contributed by atoms with Gasteiger partial charge in [-0.1, -0.05) is 44.0 Å². The topological polar surface area (TPSA) is 44.8 Å². The van der Waals surface area contributed by atoms with Crippen molar-refractivity contribution in [2.45, 2.75) is 40.2 Å². The maximum Gasteiger partial charge on any atom is 0.138 e. The van der Waals surface area contributed by atoms with Crippen LogP contribution in [-0.2, 0) is 6.54 Å². The molecule has 1 N–H and O–H groups in total. The molecule has 1 aromatic carbocycles. The van der Waals surface area contributed by atoms with E-state index >= 15 is 0 Å². The van der Waals surface area contributed by atoms with Gasteiger partial charge in [-0.2, -0.15) is 0 Å². The Morgan fingerprint density at radius 2 is 1.74 bits per heavy atom. The fourth-order valence-electron chi connectivity index (χ4n) is 4.41. The quantitative estimate of drug-likeness (QED) is 0.438. The smallest absolute Gasteiger partial charge is 0.138 e. The fourth-order valence-corrected chi connectivity index (χ4v) is 4.41. The first-order valence-corrected chi connectivity index (χ1v) is 11.0. The second-order valence-corrected chi connectivity index (χ2v) is 9.37. The van der Waals surface area contributed by atoms with E-state index in [0.29, 0.717) is 5.41 Å². The van der Waals surface area contributed by atoms with Crippen LogP contribution >= 0.6 is 0 Å². The third kappa shape index (κ3) is 4.06. The van der Waals surface area contributed by atoms with Crippen LogP contribution in [0.1, 0.15) is 44.9 Å². The molecule has 31 heavy (non-hydrogen) atoms. The average Bonchev–Trinajstić information content (AvgIpc) is 3.13. The summed E-state index contributed by atoms with van der Waals surface area (Å²) in [5, 5.41) is 2.22. The van der Waals surface area contributed by atoms with Crippen molar-refractivity contribution in [2.24, 2.45) is 5.41 Å². The molecule has 1 aliphatic rings. The number of fused-ring (bicyclic) bond motifs is 3. The van der Waals surface area contributed by atoms with Crippen molar-refractivity contribution in [2.75, 3.05) is 13.1 Å². The summed E-state index contributed by atoms with van der Waals surface area (Å²) in [6.07, 6.45) is 6.34. The monoisotopic (exact) mass is 408 g/mol. The SMILES string of the molecule is CC#Cc1cc2c(cn1)[nH]c1ncc(-c3ccc(CN4CCC(C)(C)CC4)cc3)cc12. The van der Waals surface area contributed by atoms with Gasteiger partial charge in [0.2, 0.25) is 0 Å². The summed E-state index contributed by atoms with van der Waals surface area (Å²) in [6, 6.07) is 13.2. The van der Waals surface area contributed by atoms with Crippen LogP contribution in [0, 0.1) is 17.3 Å². The maximum absolute atomic E-state index is 4.67. The molecule has 4 heteroatoms. The number of piperidine rings is 1. The molecule has 4 heterocycles. The molecule has 0 bridgehead atoms. The number of hydrogen-bond acceptors (Lipinski definition) is 3. The Balaban J connectivity index is 1.40. The van der Waals surface area contributed by atoms with Gasteiger partial charge in [0.05, 0.1) is 11.7 Å². The largest absolute Gasteiger partial charge is 0.338 e. The van der Waals surface area contributed by atoms with Crippen LogP contribution in [0.25, 0.3) is 33.1 Å². The van der Waals surface area contributed by atoms with Gasteiger partial charge in [0.15, 0.2) is 0 Å². The van der Waals surface area contributed by atoms with Gasteiger partial charge in [-0.25, -0.2) is 9.97 Å². The number of aromatic amines is 1. The number of benzene rings is 1. The Bertz CT molecular complexity index is 1290. The molecule has 0 radical (unpaired) electrons. The van der Waals surface area contributed by atoms with E-state index in [1.807, 2.05) is 25.4 Å². The predicted octanol–water partition coefficient (Wildman–Crippen LogP) is 5.77. The first kappa shape index (κ1) is 19.8. The lowest BCUT2D eigenvalue weighted by atomic mass is 9.82. The molecule has 1 fully saturated rings. The van der Waals surface area contributed by atoms with Crippen LogP contribution in [0.2, 0.25) is 0 Å². The summed E-state index contributed by atoms with van der Waals surface area (Å²) in [5.41, 5.74) is 6.84. The van der Waals surface area contributed by atoms with Crippen LogP contribution in [0.3, 0.4) is 0 Å². The molecule has 156 valence electrons. The van der Waals surface area contributed by atoms with Crippen molar-refractivity contribution in [3.63, 3.8) is 0 Å². The van der Waals surface area contributed by atoms with Crippen molar-refractivity contribution in [1.29, 1.82) is 0 Å². The zero-order valence-corrected chi connectivity index (χ0v) is 18.5.